The molecule has 0 radical (unpaired) electrons. The van der Waals surface area contributed by atoms with Gasteiger partial charge in [-0.2, -0.15) is 0 Å². The molecule has 0 aliphatic carbocycles. The van der Waals surface area contributed by atoms with Crippen molar-refractivity contribution in [1.82, 2.24) is 0 Å². The fourth-order valence-electron chi connectivity index (χ4n) is 1.52. The molecule has 0 aliphatic heterocycles. The van der Waals surface area contributed by atoms with Gasteiger partial charge in [-0.1, -0.05) is 0 Å². The molecule has 0 bridgehead atoms. The Labute approximate surface area is 114 Å². The van der Waals surface area contributed by atoms with Gasteiger partial charge in [0.15, 0.2) is 17.4 Å². The first kappa shape index (κ1) is 13.7. The molecule has 0 unspecified atom stereocenters. The van der Waals surface area contributed by atoms with Gasteiger partial charge in [-0.05, 0) is 40.2 Å². The highest BCUT2D eigenvalue weighted by Crippen LogP contribution is 2.26. The van der Waals surface area contributed by atoms with Crippen molar-refractivity contribution in [1.29, 1.82) is 0 Å². The molecule has 2 aromatic rings. The van der Waals surface area contributed by atoms with E-state index in [1.54, 1.807) is 0 Å². The summed E-state index contributed by atoms with van der Waals surface area (Å²) in [4.78, 5) is 12.0. The smallest absolute Gasteiger partial charge is 0.197 e. The second kappa shape index (κ2) is 5.13. The molecule has 0 saturated carbocycles. The van der Waals surface area contributed by atoms with E-state index in [0.29, 0.717) is 6.07 Å². The first-order chi connectivity index (χ1) is 8.91. The highest BCUT2D eigenvalue weighted by Gasteiger charge is 2.20. The zero-order chi connectivity index (χ0) is 14.2. The van der Waals surface area contributed by atoms with Crippen LogP contribution in [0.5, 0.6) is 0 Å². The lowest BCUT2D eigenvalue weighted by Gasteiger charge is -2.06. The second-order valence-corrected chi connectivity index (χ2v) is 4.47. The van der Waals surface area contributed by atoms with Gasteiger partial charge in [-0.25, -0.2) is 17.6 Å². The van der Waals surface area contributed by atoms with Crippen molar-refractivity contribution in [2.75, 3.05) is 0 Å². The molecule has 0 aliphatic rings. The predicted octanol–water partition coefficient (Wildman–Crippen LogP) is 4.24. The number of carbonyl (C=O) groups excluding carboxylic acids is 1. The van der Waals surface area contributed by atoms with Crippen LogP contribution >= 0.6 is 15.9 Å². The van der Waals surface area contributed by atoms with Crippen molar-refractivity contribution in [2.45, 2.75) is 0 Å². The standard InChI is InChI=1S/C13H5BrF4O/c14-11-8(3-4-9(16)12(11)18)13(19)7-2-1-6(15)5-10(7)17/h1-5H. The Balaban J connectivity index is 2.53. The van der Waals surface area contributed by atoms with E-state index in [1.807, 2.05) is 0 Å². The first-order valence-corrected chi connectivity index (χ1v) is 5.84. The molecule has 0 aromatic heterocycles. The Kier molecular flexibility index (Phi) is 3.71. The van der Waals surface area contributed by atoms with Crippen LogP contribution in [0.25, 0.3) is 0 Å². The van der Waals surface area contributed by atoms with Crippen LogP contribution in [0.1, 0.15) is 15.9 Å². The molecule has 19 heavy (non-hydrogen) atoms. The van der Waals surface area contributed by atoms with E-state index in [9.17, 15) is 22.4 Å². The van der Waals surface area contributed by atoms with E-state index in [0.717, 1.165) is 24.3 Å². The van der Waals surface area contributed by atoms with Crippen LogP contribution in [0.3, 0.4) is 0 Å². The van der Waals surface area contributed by atoms with E-state index in [-0.39, 0.29) is 5.56 Å². The summed E-state index contributed by atoms with van der Waals surface area (Å²) in [5.74, 6) is -5.15. The van der Waals surface area contributed by atoms with Crippen molar-refractivity contribution in [3.63, 3.8) is 0 Å². The highest BCUT2D eigenvalue weighted by molar-refractivity contribution is 9.10. The van der Waals surface area contributed by atoms with E-state index >= 15 is 0 Å². The van der Waals surface area contributed by atoms with Crippen molar-refractivity contribution in [3.8, 4) is 0 Å². The summed E-state index contributed by atoms with van der Waals surface area (Å²) in [5.41, 5.74) is -0.669. The Morgan fingerprint density at radius 1 is 0.895 bits per heavy atom. The molecule has 98 valence electrons. The normalized spacial score (nSPS) is 10.6. The molecule has 0 spiro atoms. The van der Waals surface area contributed by atoms with Gasteiger partial charge in [0, 0.05) is 11.6 Å². The lowest BCUT2D eigenvalue weighted by molar-refractivity contribution is 0.103. The molecular weight excluding hydrogens is 328 g/mol. The van der Waals surface area contributed by atoms with Crippen LogP contribution in [0.15, 0.2) is 34.8 Å². The lowest BCUT2D eigenvalue weighted by atomic mass is 10.0. The maximum atomic E-state index is 13.5. The van der Waals surface area contributed by atoms with Gasteiger partial charge in [0.2, 0.25) is 0 Å². The highest BCUT2D eigenvalue weighted by atomic mass is 79.9. The number of carbonyl (C=O) groups is 1. The number of hydrogen-bond acceptors (Lipinski definition) is 1. The van der Waals surface area contributed by atoms with Gasteiger partial charge >= 0.3 is 0 Å². The van der Waals surface area contributed by atoms with E-state index in [1.165, 1.54) is 0 Å². The van der Waals surface area contributed by atoms with Crippen LogP contribution < -0.4 is 0 Å². The van der Waals surface area contributed by atoms with Crippen molar-refractivity contribution in [3.05, 3.63) is 69.2 Å². The second-order valence-electron chi connectivity index (χ2n) is 3.68. The minimum atomic E-state index is -1.24. The van der Waals surface area contributed by atoms with Crippen LogP contribution in [0.2, 0.25) is 0 Å². The fraction of sp³-hybridized carbons (Fsp3) is 0. The minimum absolute atomic E-state index is 0.246. The van der Waals surface area contributed by atoms with Crippen molar-refractivity contribution >= 4 is 21.7 Å². The summed E-state index contributed by atoms with van der Waals surface area (Å²) in [6, 6.07) is 4.17. The maximum Gasteiger partial charge on any atom is 0.197 e. The molecule has 0 atom stereocenters. The molecule has 0 N–H and O–H groups in total. The van der Waals surface area contributed by atoms with Crippen LogP contribution in [0.4, 0.5) is 17.6 Å². The number of benzene rings is 2. The Morgan fingerprint density at radius 2 is 1.53 bits per heavy atom. The topological polar surface area (TPSA) is 17.1 Å². The Morgan fingerprint density at radius 3 is 2.16 bits per heavy atom. The average Bonchev–Trinajstić information content (AvgIpc) is 2.35. The maximum absolute atomic E-state index is 13.5. The quantitative estimate of drug-likeness (QED) is 0.457. The number of rotatable bonds is 2. The molecule has 2 aromatic carbocycles. The summed E-state index contributed by atoms with van der Waals surface area (Å²) < 4.78 is 52.0. The molecular formula is C13H5BrF4O. The zero-order valence-electron chi connectivity index (χ0n) is 9.18. The summed E-state index contributed by atoms with van der Waals surface area (Å²) in [6.45, 7) is 0. The average molecular weight is 333 g/mol. The number of hydrogen-bond donors (Lipinski definition) is 0. The SMILES string of the molecule is O=C(c1ccc(F)cc1F)c1ccc(F)c(F)c1Br. The van der Waals surface area contributed by atoms with Crippen LogP contribution in [-0.4, -0.2) is 5.78 Å². The van der Waals surface area contributed by atoms with Crippen LogP contribution in [0, 0.1) is 23.3 Å². The monoisotopic (exact) mass is 332 g/mol. The Bertz CT molecular complexity index is 670. The third kappa shape index (κ3) is 2.53. The van der Waals surface area contributed by atoms with Gasteiger partial charge in [0.25, 0.3) is 0 Å². The summed E-state index contributed by atoms with van der Waals surface area (Å²) >= 11 is 2.74. The molecule has 0 saturated heterocycles. The molecule has 0 heterocycles. The third-order valence-electron chi connectivity index (χ3n) is 2.46. The van der Waals surface area contributed by atoms with Gasteiger partial charge in [-0.3, -0.25) is 4.79 Å². The summed E-state index contributed by atoms with van der Waals surface area (Å²) in [5, 5.41) is 0. The van der Waals surface area contributed by atoms with E-state index in [2.05, 4.69) is 15.9 Å². The molecule has 0 fully saturated rings. The van der Waals surface area contributed by atoms with Crippen molar-refractivity contribution < 1.29 is 22.4 Å². The van der Waals surface area contributed by atoms with Crippen molar-refractivity contribution in [2.24, 2.45) is 0 Å². The fourth-order valence-corrected chi connectivity index (χ4v) is 2.02. The third-order valence-corrected chi connectivity index (χ3v) is 3.23. The summed E-state index contributed by atoms with van der Waals surface area (Å²) in [6.07, 6.45) is 0. The van der Waals surface area contributed by atoms with E-state index < -0.39 is 39.1 Å². The molecule has 1 nitrogen and oxygen atoms in total. The van der Waals surface area contributed by atoms with E-state index in [4.69, 9.17) is 0 Å². The number of halogens is 5. The zero-order valence-corrected chi connectivity index (χ0v) is 10.8. The van der Waals surface area contributed by atoms with Gasteiger partial charge in [-0.15, -0.1) is 0 Å². The van der Waals surface area contributed by atoms with Crippen LogP contribution in [-0.2, 0) is 0 Å². The summed E-state index contributed by atoms with van der Waals surface area (Å²) in [7, 11) is 0. The Hall–Kier alpha value is -1.69. The number of ketones is 1. The lowest BCUT2D eigenvalue weighted by Crippen LogP contribution is -2.07. The molecule has 2 rings (SSSR count). The predicted molar refractivity (Wildman–Crippen MR) is 63.8 cm³/mol. The first-order valence-electron chi connectivity index (χ1n) is 5.05. The molecule has 6 heteroatoms. The van der Waals surface area contributed by atoms with Gasteiger partial charge in [0.05, 0.1) is 10.0 Å². The van der Waals surface area contributed by atoms with Gasteiger partial charge in [0.1, 0.15) is 11.6 Å². The largest absolute Gasteiger partial charge is 0.288 e. The minimum Gasteiger partial charge on any atom is -0.288 e. The van der Waals surface area contributed by atoms with Gasteiger partial charge < -0.3 is 0 Å². The molecule has 0 amide bonds.